The van der Waals surface area contributed by atoms with Gasteiger partial charge in [-0.25, -0.2) is 0 Å². The van der Waals surface area contributed by atoms with E-state index in [4.69, 9.17) is 10.00 Å². The Kier molecular flexibility index (Phi) is 3.53. The van der Waals surface area contributed by atoms with Crippen molar-refractivity contribution >= 4 is 5.91 Å². The Bertz CT molecular complexity index is 509. The number of amides is 1. The van der Waals surface area contributed by atoms with Crippen LogP contribution < -0.4 is 0 Å². The molecule has 1 fully saturated rings. The van der Waals surface area contributed by atoms with Gasteiger partial charge in [0.1, 0.15) is 0 Å². The number of morpholine rings is 1. The summed E-state index contributed by atoms with van der Waals surface area (Å²) in [6, 6.07) is 3.75. The molecule has 1 aromatic heterocycles. The molecule has 2 rings (SSSR count). The van der Waals surface area contributed by atoms with Gasteiger partial charge in [-0.1, -0.05) is 0 Å². The summed E-state index contributed by atoms with van der Waals surface area (Å²) in [7, 11) is 0. The Morgan fingerprint density at radius 3 is 3.06 bits per heavy atom. The number of rotatable bonds is 1. The van der Waals surface area contributed by atoms with Crippen molar-refractivity contribution in [1.29, 1.82) is 5.26 Å². The Balaban J connectivity index is 2.21. The third-order valence-corrected chi connectivity index (χ3v) is 2.83. The van der Waals surface area contributed by atoms with E-state index >= 15 is 0 Å². The zero-order chi connectivity index (χ0) is 13.1. The lowest BCUT2D eigenvalue weighted by molar-refractivity contribution is 0.00339. The fourth-order valence-electron chi connectivity index (χ4n) is 1.85. The average Bonchev–Trinajstić information content (AvgIpc) is 2.41. The molecular weight excluding hydrogens is 232 g/mol. The molecule has 1 unspecified atom stereocenters. The summed E-state index contributed by atoms with van der Waals surface area (Å²) in [5.41, 5.74) is 1.85. The lowest BCUT2D eigenvalue weighted by Gasteiger charge is -2.30. The van der Waals surface area contributed by atoms with Crippen molar-refractivity contribution in [2.75, 3.05) is 19.7 Å². The summed E-state index contributed by atoms with van der Waals surface area (Å²) >= 11 is 0. The minimum atomic E-state index is -0.543. The summed E-state index contributed by atoms with van der Waals surface area (Å²) in [6.07, 6.45) is -0.543. The molecule has 6 heteroatoms. The molecule has 0 radical (unpaired) electrons. The van der Waals surface area contributed by atoms with Gasteiger partial charge < -0.3 is 9.64 Å². The molecule has 1 atom stereocenters. The maximum atomic E-state index is 12.3. The zero-order valence-electron chi connectivity index (χ0n) is 10.4. The first-order valence-corrected chi connectivity index (χ1v) is 5.73. The van der Waals surface area contributed by atoms with Gasteiger partial charge in [-0.3, -0.25) is 4.79 Å². The molecule has 0 aliphatic carbocycles. The van der Waals surface area contributed by atoms with Crippen LogP contribution in [0.5, 0.6) is 0 Å². The molecule has 1 aliphatic rings. The molecule has 1 saturated heterocycles. The molecule has 0 bridgehead atoms. The van der Waals surface area contributed by atoms with E-state index in [1.165, 1.54) is 0 Å². The number of carbonyl (C=O) groups excluding carboxylic acids is 1. The quantitative estimate of drug-likeness (QED) is 0.719. The number of ether oxygens (including phenoxy) is 1. The maximum absolute atomic E-state index is 12.3. The lowest BCUT2D eigenvalue weighted by atomic mass is 10.1. The fraction of sp³-hybridized carbons (Fsp3) is 0.500. The van der Waals surface area contributed by atoms with Crippen LogP contribution in [0.4, 0.5) is 0 Å². The Labute approximate surface area is 105 Å². The highest BCUT2D eigenvalue weighted by Crippen LogP contribution is 2.13. The number of hydrogen-bond donors (Lipinski definition) is 0. The Hall–Kier alpha value is -2.00. The zero-order valence-corrected chi connectivity index (χ0v) is 10.4. The fourth-order valence-corrected chi connectivity index (χ4v) is 1.85. The highest BCUT2D eigenvalue weighted by molar-refractivity contribution is 5.95. The van der Waals surface area contributed by atoms with Gasteiger partial charge in [0.25, 0.3) is 5.91 Å². The van der Waals surface area contributed by atoms with Crippen molar-refractivity contribution in [3.05, 3.63) is 23.0 Å². The summed E-state index contributed by atoms with van der Waals surface area (Å²) in [4.78, 5) is 14.0. The number of nitrogens with zero attached hydrogens (tertiary/aromatic N) is 4. The van der Waals surface area contributed by atoms with Crippen molar-refractivity contribution in [3.63, 3.8) is 0 Å². The van der Waals surface area contributed by atoms with Crippen LogP contribution in [-0.4, -0.2) is 46.8 Å². The van der Waals surface area contributed by atoms with Crippen molar-refractivity contribution in [2.24, 2.45) is 0 Å². The minimum Gasteiger partial charge on any atom is -0.360 e. The molecule has 1 amide bonds. The van der Waals surface area contributed by atoms with E-state index in [2.05, 4.69) is 10.2 Å². The highest BCUT2D eigenvalue weighted by Gasteiger charge is 2.26. The first kappa shape index (κ1) is 12.5. The highest BCUT2D eigenvalue weighted by atomic mass is 16.5. The second kappa shape index (κ2) is 5.10. The van der Waals surface area contributed by atoms with Gasteiger partial charge in [-0.15, -0.1) is 0 Å². The SMILES string of the molecule is Cc1cc(C(=O)N2CCOC(C#N)C2)c(C)nn1. The first-order chi connectivity index (χ1) is 8.61. The predicted molar refractivity (Wildman–Crippen MR) is 62.8 cm³/mol. The van der Waals surface area contributed by atoms with Gasteiger partial charge in [0, 0.05) is 6.54 Å². The van der Waals surface area contributed by atoms with Crippen LogP contribution in [-0.2, 0) is 4.74 Å². The second-order valence-electron chi connectivity index (χ2n) is 4.22. The molecule has 2 heterocycles. The van der Waals surface area contributed by atoms with Crippen LogP contribution in [0.25, 0.3) is 0 Å². The molecular formula is C12H14N4O2. The van der Waals surface area contributed by atoms with Gasteiger partial charge in [-0.2, -0.15) is 15.5 Å². The van der Waals surface area contributed by atoms with Gasteiger partial charge in [0.05, 0.1) is 36.2 Å². The third kappa shape index (κ3) is 2.46. The van der Waals surface area contributed by atoms with Crippen LogP contribution in [0.1, 0.15) is 21.7 Å². The summed E-state index contributed by atoms with van der Waals surface area (Å²) in [5, 5.41) is 16.7. The Morgan fingerprint density at radius 1 is 1.56 bits per heavy atom. The van der Waals surface area contributed by atoms with Crippen molar-refractivity contribution in [3.8, 4) is 6.07 Å². The van der Waals surface area contributed by atoms with Gasteiger partial charge >= 0.3 is 0 Å². The van der Waals surface area contributed by atoms with Crippen LogP contribution in [0.15, 0.2) is 6.07 Å². The number of nitriles is 1. The van der Waals surface area contributed by atoms with E-state index in [0.717, 1.165) is 0 Å². The van der Waals surface area contributed by atoms with E-state index in [1.54, 1.807) is 24.8 Å². The van der Waals surface area contributed by atoms with Crippen molar-refractivity contribution in [1.82, 2.24) is 15.1 Å². The van der Waals surface area contributed by atoms with E-state index in [0.29, 0.717) is 36.6 Å². The average molecular weight is 246 g/mol. The standard InChI is InChI=1S/C12H14N4O2/c1-8-5-11(9(2)15-14-8)12(17)16-3-4-18-10(6-13)7-16/h5,10H,3-4,7H2,1-2H3. The van der Waals surface area contributed by atoms with E-state index in [1.807, 2.05) is 6.07 Å². The van der Waals surface area contributed by atoms with Crippen molar-refractivity contribution < 1.29 is 9.53 Å². The summed E-state index contributed by atoms with van der Waals surface area (Å²) in [5.74, 6) is -0.117. The molecule has 6 nitrogen and oxygen atoms in total. The molecule has 1 aliphatic heterocycles. The largest absolute Gasteiger partial charge is 0.360 e. The number of aryl methyl sites for hydroxylation is 2. The monoisotopic (exact) mass is 246 g/mol. The molecule has 1 aromatic rings. The number of aromatic nitrogens is 2. The summed E-state index contributed by atoms with van der Waals surface area (Å²) < 4.78 is 5.21. The number of hydrogen-bond acceptors (Lipinski definition) is 5. The minimum absolute atomic E-state index is 0.117. The molecule has 0 spiro atoms. The normalized spacial score (nSPS) is 19.4. The van der Waals surface area contributed by atoms with E-state index in [-0.39, 0.29) is 5.91 Å². The smallest absolute Gasteiger partial charge is 0.256 e. The van der Waals surface area contributed by atoms with Crippen LogP contribution in [0.2, 0.25) is 0 Å². The Morgan fingerprint density at radius 2 is 2.33 bits per heavy atom. The molecule has 0 N–H and O–H groups in total. The molecule has 18 heavy (non-hydrogen) atoms. The van der Waals surface area contributed by atoms with Crippen LogP contribution >= 0.6 is 0 Å². The summed E-state index contributed by atoms with van der Waals surface area (Å²) in [6.45, 7) is 4.73. The topological polar surface area (TPSA) is 79.1 Å². The maximum Gasteiger partial charge on any atom is 0.256 e. The molecule has 94 valence electrons. The van der Waals surface area contributed by atoms with Crippen LogP contribution in [0, 0.1) is 25.2 Å². The molecule has 0 aromatic carbocycles. The number of carbonyl (C=O) groups is 1. The van der Waals surface area contributed by atoms with E-state index in [9.17, 15) is 4.79 Å². The third-order valence-electron chi connectivity index (χ3n) is 2.83. The molecule has 0 saturated carbocycles. The van der Waals surface area contributed by atoms with E-state index < -0.39 is 6.10 Å². The van der Waals surface area contributed by atoms with Crippen molar-refractivity contribution in [2.45, 2.75) is 20.0 Å². The van der Waals surface area contributed by atoms with Crippen LogP contribution in [0.3, 0.4) is 0 Å². The van der Waals surface area contributed by atoms with Gasteiger partial charge in [0.2, 0.25) is 0 Å². The van der Waals surface area contributed by atoms with Gasteiger partial charge in [-0.05, 0) is 19.9 Å². The first-order valence-electron chi connectivity index (χ1n) is 5.73. The van der Waals surface area contributed by atoms with Gasteiger partial charge in [0.15, 0.2) is 6.10 Å². The second-order valence-corrected chi connectivity index (χ2v) is 4.22. The predicted octanol–water partition coefficient (Wildman–Crippen LogP) is 0.458. The lowest BCUT2D eigenvalue weighted by Crippen LogP contribution is -2.45.